The Hall–Kier alpha value is -1.88. The molecule has 0 aliphatic carbocycles. The maximum Gasteiger partial charge on any atom is 0.416 e. The summed E-state index contributed by atoms with van der Waals surface area (Å²) < 4.78 is 40.7. The van der Waals surface area contributed by atoms with Crippen LogP contribution in [0, 0.1) is 0 Å². The van der Waals surface area contributed by atoms with Crippen LogP contribution in [-0.4, -0.2) is 24.9 Å². The Labute approximate surface area is 171 Å². The quantitative estimate of drug-likeness (QED) is 0.382. The first kappa shape index (κ1) is 19.9. The van der Waals surface area contributed by atoms with Crippen LogP contribution in [0.1, 0.15) is 22.3 Å². The number of amides is 1. The van der Waals surface area contributed by atoms with E-state index in [0.29, 0.717) is 11.2 Å². The lowest BCUT2D eigenvalue weighted by Gasteiger charge is -2.10. The van der Waals surface area contributed by atoms with E-state index in [2.05, 4.69) is 37.9 Å². The Morgan fingerprint density at radius 2 is 1.93 bits per heavy atom. The zero-order valence-corrected chi connectivity index (χ0v) is 16.6. The largest absolute Gasteiger partial charge is 0.416 e. The molecule has 1 amide bonds. The number of halogens is 5. The van der Waals surface area contributed by atoms with Crippen LogP contribution in [0.25, 0.3) is 11.2 Å². The van der Waals surface area contributed by atoms with Crippen molar-refractivity contribution in [1.82, 2.24) is 14.5 Å². The number of pyridine rings is 1. The lowest BCUT2D eigenvalue weighted by molar-refractivity contribution is -0.137. The van der Waals surface area contributed by atoms with Gasteiger partial charge in [-0.2, -0.15) is 13.2 Å². The fourth-order valence-electron chi connectivity index (χ4n) is 2.47. The van der Waals surface area contributed by atoms with Crippen molar-refractivity contribution in [2.75, 3.05) is 9.74 Å². The molecule has 0 spiro atoms. The normalized spacial score (nSPS) is 11.7. The number of nitrogens with zero attached hydrogens (tertiary/aromatic N) is 3. The number of hydrogen-bond acceptors (Lipinski definition) is 3. The van der Waals surface area contributed by atoms with Gasteiger partial charge >= 0.3 is 6.18 Å². The summed E-state index contributed by atoms with van der Waals surface area (Å²) in [6.45, 7) is 0.736. The number of anilines is 1. The molecular weight excluding hydrogens is 496 g/mol. The zero-order valence-electron chi connectivity index (χ0n) is 13.7. The van der Waals surface area contributed by atoms with Gasteiger partial charge in [-0.1, -0.05) is 34.2 Å². The van der Waals surface area contributed by atoms with Crippen molar-refractivity contribution in [3.63, 3.8) is 0 Å². The summed E-state index contributed by atoms with van der Waals surface area (Å²) in [5.41, 5.74) is 0.514. The smallest absolute Gasteiger partial charge is 0.322 e. The maximum absolute atomic E-state index is 12.6. The van der Waals surface area contributed by atoms with Crippen molar-refractivity contribution in [3.8, 4) is 0 Å². The van der Waals surface area contributed by atoms with E-state index >= 15 is 0 Å². The highest BCUT2D eigenvalue weighted by Crippen LogP contribution is 2.30. The van der Waals surface area contributed by atoms with Crippen molar-refractivity contribution in [3.05, 3.63) is 52.9 Å². The second kappa shape index (κ2) is 8.01. The van der Waals surface area contributed by atoms with Crippen LogP contribution in [0.4, 0.5) is 18.9 Å². The molecule has 5 nitrogen and oxygen atoms in total. The predicted molar refractivity (Wildman–Crippen MR) is 105 cm³/mol. The van der Waals surface area contributed by atoms with Gasteiger partial charge in [0.1, 0.15) is 5.52 Å². The molecule has 3 aromatic rings. The number of fused-ring (bicyclic) bond motifs is 1. The molecule has 0 aliphatic heterocycles. The van der Waals surface area contributed by atoms with E-state index in [1.165, 1.54) is 18.3 Å². The number of imidazole rings is 1. The molecule has 0 saturated heterocycles. The molecule has 2 heterocycles. The maximum atomic E-state index is 12.6. The number of rotatable bonds is 5. The molecule has 1 N–H and O–H groups in total. The topological polar surface area (TPSA) is 59.8 Å². The Morgan fingerprint density at radius 3 is 2.56 bits per heavy atom. The zero-order chi connectivity index (χ0) is 19.6. The average molecular weight is 509 g/mol. The lowest BCUT2D eigenvalue weighted by Crippen LogP contribution is -2.13. The van der Waals surface area contributed by atoms with Gasteiger partial charge in [0, 0.05) is 22.9 Å². The molecular formula is C17H13ClF3IN4O. The molecule has 0 bridgehead atoms. The molecule has 0 saturated carbocycles. The van der Waals surface area contributed by atoms with Gasteiger partial charge in [0.2, 0.25) is 0 Å². The van der Waals surface area contributed by atoms with Crippen LogP contribution in [0.15, 0.2) is 36.8 Å². The number of aryl methyl sites for hydroxylation is 1. The highest BCUT2D eigenvalue weighted by molar-refractivity contribution is 14.1. The first-order valence-electron chi connectivity index (χ1n) is 7.85. The average Bonchev–Trinajstić information content (AvgIpc) is 3.04. The molecule has 0 unspecified atom stereocenters. The van der Waals surface area contributed by atoms with Crippen LogP contribution in [0.3, 0.4) is 0 Å². The molecule has 3 rings (SSSR count). The van der Waals surface area contributed by atoms with Crippen LogP contribution < -0.4 is 5.32 Å². The molecule has 10 heteroatoms. The molecule has 2 aromatic heterocycles. The molecule has 142 valence electrons. The van der Waals surface area contributed by atoms with Gasteiger partial charge in [0.15, 0.2) is 5.65 Å². The number of alkyl halides is 4. The van der Waals surface area contributed by atoms with Gasteiger partial charge in [-0.15, -0.1) is 0 Å². The Bertz CT molecular complexity index is 973. The molecule has 0 fully saturated rings. The number of hydrogen-bond donors (Lipinski definition) is 1. The Balaban J connectivity index is 1.82. The third-order valence-corrected chi connectivity index (χ3v) is 4.96. The standard InChI is InChI=1S/C17H13ClF3IN4O/c18-13-12(8-23-15-14(13)24-9-26(15)7-1-6-22)16(27)25-11-4-2-10(3-5-11)17(19,20)21/h2-5,8-9H,1,6-7H2,(H,25,27). The van der Waals surface area contributed by atoms with Crippen LogP contribution in [0.2, 0.25) is 5.02 Å². The predicted octanol–water partition coefficient (Wildman–Crippen LogP) is 5.18. The Kier molecular flexibility index (Phi) is 5.89. The molecule has 0 radical (unpaired) electrons. The third kappa shape index (κ3) is 4.34. The summed E-state index contributed by atoms with van der Waals surface area (Å²) in [7, 11) is 0. The molecule has 27 heavy (non-hydrogen) atoms. The van der Waals surface area contributed by atoms with Crippen molar-refractivity contribution in [1.29, 1.82) is 0 Å². The van der Waals surface area contributed by atoms with Gasteiger partial charge in [0.25, 0.3) is 5.91 Å². The van der Waals surface area contributed by atoms with Gasteiger partial charge in [0.05, 0.1) is 22.5 Å². The summed E-state index contributed by atoms with van der Waals surface area (Å²) in [4.78, 5) is 20.9. The van der Waals surface area contributed by atoms with E-state index in [4.69, 9.17) is 11.6 Å². The van der Waals surface area contributed by atoms with E-state index in [1.54, 1.807) is 6.33 Å². The number of carbonyl (C=O) groups is 1. The lowest BCUT2D eigenvalue weighted by atomic mass is 10.2. The number of carbonyl (C=O) groups excluding carboxylic acids is 1. The summed E-state index contributed by atoms with van der Waals surface area (Å²) in [5.74, 6) is -0.573. The summed E-state index contributed by atoms with van der Waals surface area (Å²) in [6.07, 6.45) is -0.530. The monoisotopic (exact) mass is 508 g/mol. The first-order chi connectivity index (χ1) is 12.8. The highest BCUT2D eigenvalue weighted by atomic mass is 127. The van der Waals surface area contributed by atoms with Crippen molar-refractivity contribution in [2.45, 2.75) is 19.1 Å². The number of benzene rings is 1. The minimum Gasteiger partial charge on any atom is -0.322 e. The van der Waals surface area contributed by atoms with Crippen molar-refractivity contribution in [2.24, 2.45) is 0 Å². The van der Waals surface area contributed by atoms with Crippen LogP contribution >= 0.6 is 34.2 Å². The molecule has 0 aliphatic rings. The van der Waals surface area contributed by atoms with Crippen LogP contribution in [-0.2, 0) is 12.7 Å². The van der Waals surface area contributed by atoms with Crippen molar-refractivity contribution >= 4 is 57.0 Å². The van der Waals surface area contributed by atoms with E-state index in [9.17, 15) is 18.0 Å². The van der Waals surface area contributed by atoms with E-state index in [-0.39, 0.29) is 16.3 Å². The van der Waals surface area contributed by atoms with Gasteiger partial charge in [-0.3, -0.25) is 4.79 Å². The molecule has 1 aromatic carbocycles. The minimum atomic E-state index is -4.43. The van der Waals surface area contributed by atoms with Crippen LogP contribution in [0.5, 0.6) is 0 Å². The van der Waals surface area contributed by atoms with E-state index < -0.39 is 17.6 Å². The fourth-order valence-corrected chi connectivity index (χ4v) is 3.08. The number of nitrogens with one attached hydrogen (secondary N) is 1. The Morgan fingerprint density at radius 1 is 1.22 bits per heavy atom. The molecule has 0 atom stereocenters. The third-order valence-electron chi connectivity index (χ3n) is 3.82. The number of aromatic nitrogens is 3. The van der Waals surface area contributed by atoms with Gasteiger partial charge in [-0.05, 0) is 30.7 Å². The van der Waals surface area contributed by atoms with E-state index in [0.717, 1.165) is 29.5 Å². The fraction of sp³-hybridized carbons (Fsp3) is 0.235. The SMILES string of the molecule is O=C(Nc1ccc(C(F)(F)F)cc1)c1cnc2c(ncn2CCCI)c1Cl. The second-order valence-electron chi connectivity index (χ2n) is 5.67. The summed E-state index contributed by atoms with van der Waals surface area (Å²) in [6, 6.07) is 4.15. The first-order valence-corrected chi connectivity index (χ1v) is 9.75. The minimum absolute atomic E-state index is 0.100. The van der Waals surface area contributed by atoms with Gasteiger partial charge in [-0.25, -0.2) is 9.97 Å². The van der Waals surface area contributed by atoms with Crippen molar-refractivity contribution < 1.29 is 18.0 Å². The second-order valence-corrected chi connectivity index (χ2v) is 7.12. The van der Waals surface area contributed by atoms with Gasteiger partial charge < -0.3 is 9.88 Å². The summed E-state index contributed by atoms with van der Waals surface area (Å²) >= 11 is 8.59. The van der Waals surface area contributed by atoms with E-state index in [1.807, 2.05) is 4.57 Å². The highest BCUT2D eigenvalue weighted by Gasteiger charge is 2.30. The summed E-state index contributed by atoms with van der Waals surface area (Å²) in [5, 5.41) is 2.67.